The van der Waals surface area contributed by atoms with E-state index in [-0.39, 0.29) is 16.0 Å². The maximum absolute atomic E-state index is 12.6. The Kier molecular flexibility index (Phi) is 4.90. The molecule has 8 heteroatoms. The summed E-state index contributed by atoms with van der Waals surface area (Å²) in [4.78, 5) is 24.6. The molecule has 0 spiro atoms. The smallest absolute Gasteiger partial charge is 0.269 e. The normalized spacial score (nSPS) is 15.2. The first kappa shape index (κ1) is 18.6. The molecule has 2 aromatic carbocycles. The van der Waals surface area contributed by atoms with Gasteiger partial charge in [-0.2, -0.15) is 0 Å². The van der Waals surface area contributed by atoms with Gasteiger partial charge < -0.3 is 5.32 Å². The van der Waals surface area contributed by atoms with Gasteiger partial charge in [-0.25, -0.2) is 12.7 Å². The van der Waals surface area contributed by atoms with Crippen molar-refractivity contribution in [2.24, 2.45) is 0 Å². The van der Waals surface area contributed by atoms with Crippen LogP contribution in [0.4, 0.5) is 0 Å². The molecule has 0 saturated carbocycles. The van der Waals surface area contributed by atoms with Gasteiger partial charge in [-0.15, -0.1) is 0 Å². The third-order valence-corrected chi connectivity index (χ3v) is 6.51. The Hall–Kier alpha value is -2.19. The molecule has 0 bridgehead atoms. The van der Waals surface area contributed by atoms with Crippen molar-refractivity contribution in [2.45, 2.75) is 31.3 Å². The van der Waals surface area contributed by atoms with E-state index in [4.69, 9.17) is 0 Å². The van der Waals surface area contributed by atoms with E-state index in [0.29, 0.717) is 6.54 Å². The van der Waals surface area contributed by atoms with E-state index < -0.39 is 27.9 Å². The van der Waals surface area contributed by atoms with Crippen molar-refractivity contribution in [3.8, 4) is 0 Å². The number of carbonyl (C=O) groups is 2. The summed E-state index contributed by atoms with van der Waals surface area (Å²) >= 11 is 3.37. The average Bonchev–Trinajstić information content (AvgIpc) is 2.78. The van der Waals surface area contributed by atoms with Crippen LogP contribution in [0.1, 0.15) is 40.1 Å². The Balaban J connectivity index is 1.85. The fourth-order valence-electron chi connectivity index (χ4n) is 2.83. The maximum atomic E-state index is 12.6. The molecule has 1 aliphatic rings. The van der Waals surface area contributed by atoms with Crippen molar-refractivity contribution in [3.05, 3.63) is 63.6 Å². The molecule has 2 amide bonds. The third kappa shape index (κ3) is 3.26. The van der Waals surface area contributed by atoms with E-state index in [9.17, 15) is 18.0 Å². The predicted octanol–water partition coefficient (Wildman–Crippen LogP) is 2.93. The highest BCUT2D eigenvalue weighted by molar-refractivity contribution is 9.10. The van der Waals surface area contributed by atoms with Crippen LogP contribution < -0.4 is 5.32 Å². The van der Waals surface area contributed by atoms with E-state index in [0.717, 1.165) is 14.3 Å². The van der Waals surface area contributed by atoms with Gasteiger partial charge in [-0.3, -0.25) is 9.59 Å². The number of halogens is 1. The number of hydrogen-bond acceptors (Lipinski definition) is 4. The molecule has 26 heavy (non-hydrogen) atoms. The van der Waals surface area contributed by atoms with Crippen LogP contribution in [0, 0.1) is 0 Å². The zero-order valence-electron chi connectivity index (χ0n) is 14.2. The Morgan fingerprint density at radius 3 is 2.58 bits per heavy atom. The van der Waals surface area contributed by atoms with Crippen LogP contribution in [0.15, 0.2) is 51.8 Å². The van der Waals surface area contributed by atoms with Crippen LogP contribution in [0.3, 0.4) is 0 Å². The van der Waals surface area contributed by atoms with Gasteiger partial charge in [0.05, 0.1) is 5.56 Å². The summed E-state index contributed by atoms with van der Waals surface area (Å²) in [5, 5.41) is 2.75. The largest absolute Gasteiger partial charge is 0.348 e. The van der Waals surface area contributed by atoms with Gasteiger partial charge >= 0.3 is 0 Å². The lowest BCUT2D eigenvalue weighted by Gasteiger charge is -2.18. The molecule has 0 unspecified atom stereocenters. The Morgan fingerprint density at radius 1 is 1.19 bits per heavy atom. The Morgan fingerprint density at radius 2 is 1.92 bits per heavy atom. The first-order valence-corrected chi connectivity index (χ1v) is 10.2. The van der Waals surface area contributed by atoms with E-state index in [1.807, 2.05) is 24.3 Å². The van der Waals surface area contributed by atoms with E-state index in [1.54, 1.807) is 13.8 Å². The minimum Gasteiger partial charge on any atom is -0.348 e. The second kappa shape index (κ2) is 6.85. The molecule has 1 N–H and O–H groups in total. The number of rotatable bonds is 4. The second-order valence-corrected chi connectivity index (χ2v) is 8.92. The summed E-state index contributed by atoms with van der Waals surface area (Å²) in [6.07, 6.45) is 0. The van der Waals surface area contributed by atoms with Crippen molar-refractivity contribution in [3.63, 3.8) is 0 Å². The molecule has 1 aliphatic heterocycles. The van der Waals surface area contributed by atoms with E-state index in [2.05, 4.69) is 21.2 Å². The zero-order chi connectivity index (χ0) is 19.1. The monoisotopic (exact) mass is 436 g/mol. The van der Waals surface area contributed by atoms with Crippen LogP contribution in [-0.4, -0.2) is 30.6 Å². The molecule has 0 aliphatic carbocycles. The number of carbonyl (C=O) groups excluding carboxylic acids is 2. The molecule has 1 heterocycles. The number of sulfonamides is 1. The van der Waals surface area contributed by atoms with Crippen molar-refractivity contribution in [1.82, 2.24) is 9.62 Å². The van der Waals surface area contributed by atoms with Crippen LogP contribution in [0.5, 0.6) is 0 Å². The molecule has 0 aromatic heterocycles. The van der Waals surface area contributed by atoms with Crippen LogP contribution in [0.25, 0.3) is 0 Å². The molecule has 2 aromatic rings. The number of nitrogens with one attached hydrogen (secondary N) is 1. The summed E-state index contributed by atoms with van der Waals surface area (Å²) in [6.45, 7) is 3.57. The lowest BCUT2D eigenvalue weighted by molar-refractivity contribution is 0.0845. The molecule has 0 radical (unpaired) electrons. The van der Waals surface area contributed by atoms with Gasteiger partial charge in [0, 0.05) is 22.6 Å². The molecule has 0 atom stereocenters. The highest BCUT2D eigenvalue weighted by atomic mass is 79.9. The molecule has 0 saturated heterocycles. The van der Waals surface area contributed by atoms with Crippen LogP contribution in [0.2, 0.25) is 0 Å². The fourth-order valence-corrected chi connectivity index (χ4v) is 5.07. The van der Waals surface area contributed by atoms with Gasteiger partial charge in [-0.05, 0) is 49.7 Å². The third-order valence-electron chi connectivity index (χ3n) is 4.02. The first-order valence-electron chi connectivity index (χ1n) is 7.97. The average molecular weight is 437 g/mol. The Labute approximate surface area is 160 Å². The van der Waals surface area contributed by atoms with Gasteiger partial charge in [0.15, 0.2) is 0 Å². The van der Waals surface area contributed by atoms with Crippen LogP contribution >= 0.6 is 15.9 Å². The number of benzene rings is 2. The number of fused-ring (bicyclic) bond motifs is 1. The van der Waals surface area contributed by atoms with Crippen molar-refractivity contribution in [1.29, 1.82) is 0 Å². The summed E-state index contributed by atoms with van der Waals surface area (Å²) in [5.74, 6) is -0.963. The van der Waals surface area contributed by atoms with Crippen LogP contribution in [-0.2, 0) is 16.6 Å². The lowest BCUT2D eigenvalue weighted by atomic mass is 10.1. The summed E-state index contributed by atoms with van der Waals surface area (Å²) in [6, 6.07) is 11.1. The van der Waals surface area contributed by atoms with Crippen molar-refractivity contribution in [2.75, 3.05) is 0 Å². The summed E-state index contributed by atoms with van der Waals surface area (Å²) in [7, 11) is -3.93. The second-order valence-electron chi connectivity index (χ2n) is 6.22. The molecular weight excluding hydrogens is 420 g/mol. The molecule has 6 nitrogen and oxygen atoms in total. The Bertz CT molecular complexity index is 1000. The standard InChI is InChI=1S/C18H17BrN2O4S/c1-11(2)21-18(23)15-7-6-13(9-16(15)26(21,24)25)17(22)20-10-12-4-3-5-14(19)8-12/h3-9,11H,10H2,1-2H3,(H,20,22). The van der Waals surface area contributed by atoms with Crippen molar-refractivity contribution >= 4 is 37.8 Å². The molecule has 3 rings (SSSR count). The minimum absolute atomic E-state index is 0.0993. The van der Waals surface area contributed by atoms with Crippen molar-refractivity contribution < 1.29 is 18.0 Å². The highest BCUT2D eigenvalue weighted by Gasteiger charge is 2.42. The molecule has 136 valence electrons. The van der Waals surface area contributed by atoms with Gasteiger partial charge in [0.2, 0.25) is 0 Å². The minimum atomic E-state index is -3.93. The predicted molar refractivity (Wildman–Crippen MR) is 100 cm³/mol. The summed E-state index contributed by atoms with van der Waals surface area (Å²) < 4.78 is 26.9. The maximum Gasteiger partial charge on any atom is 0.269 e. The van der Waals surface area contributed by atoms with Gasteiger partial charge in [-0.1, -0.05) is 28.1 Å². The van der Waals surface area contributed by atoms with E-state index in [1.165, 1.54) is 18.2 Å². The number of amides is 2. The van der Waals surface area contributed by atoms with Gasteiger partial charge in [0.25, 0.3) is 21.8 Å². The lowest BCUT2D eigenvalue weighted by Crippen LogP contribution is -2.36. The summed E-state index contributed by atoms with van der Waals surface area (Å²) in [5.41, 5.74) is 1.20. The molecule has 0 fully saturated rings. The van der Waals surface area contributed by atoms with E-state index >= 15 is 0 Å². The zero-order valence-corrected chi connectivity index (χ0v) is 16.6. The topological polar surface area (TPSA) is 83.6 Å². The highest BCUT2D eigenvalue weighted by Crippen LogP contribution is 2.32. The van der Waals surface area contributed by atoms with Gasteiger partial charge in [0.1, 0.15) is 4.90 Å². The number of hydrogen-bond donors (Lipinski definition) is 1. The molecular formula is C18H17BrN2O4S. The fraction of sp³-hybridized carbons (Fsp3) is 0.222. The SMILES string of the molecule is CC(C)N1C(=O)c2ccc(C(=O)NCc3cccc(Br)c3)cc2S1(=O)=O. The first-order chi connectivity index (χ1) is 12.2. The quantitative estimate of drug-likeness (QED) is 0.798. The number of nitrogens with zero attached hydrogens (tertiary/aromatic N) is 1.